The average Bonchev–Trinajstić information content (AvgIpc) is 2.78. The topological polar surface area (TPSA) is 49.3 Å². The van der Waals surface area contributed by atoms with Crippen LogP contribution in [0.15, 0.2) is 17.5 Å². The van der Waals surface area contributed by atoms with Gasteiger partial charge in [0.1, 0.15) is 0 Å². The van der Waals surface area contributed by atoms with Crippen molar-refractivity contribution in [3.63, 3.8) is 0 Å². The lowest BCUT2D eigenvalue weighted by Gasteiger charge is -2.25. The second kappa shape index (κ2) is 5.85. The Morgan fingerprint density at radius 3 is 2.56 bits per heavy atom. The van der Waals surface area contributed by atoms with Crippen LogP contribution in [0, 0.1) is 5.41 Å². The van der Waals surface area contributed by atoms with E-state index in [0.29, 0.717) is 6.42 Å². The second-order valence-corrected chi connectivity index (χ2v) is 6.92. The number of thiophene rings is 1. The van der Waals surface area contributed by atoms with Gasteiger partial charge in [-0.1, -0.05) is 19.9 Å². The quantitative estimate of drug-likeness (QED) is 0.748. The van der Waals surface area contributed by atoms with E-state index in [1.807, 2.05) is 0 Å². The van der Waals surface area contributed by atoms with Crippen LogP contribution in [-0.2, 0) is 10.2 Å². The molecule has 0 unspecified atom stereocenters. The normalized spacial score (nSPS) is 12.7. The Morgan fingerprint density at radius 2 is 2.06 bits per heavy atom. The molecule has 0 saturated carbocycles. The summed E-state index contributed by atoms with van der Waals surface area (Å²) in [5.41, 5.74) is -0.554. The van der Waals surface area contributed by atoms with Crippen LogP contribution in [0.2, 0.25) is 0 Å². The average molecular weight is 269 g/mol. The van der Waals surface area contributed by atoms with Crippen molar-refractivity contribution in [2.75, 3.05) is 13.1 Å². The van der Waals surface area contributed by atoms with E-state index in [9.17, 15) is 4.79 Å². The molecule has 0 aliphatic rings. The molecule has 0 aliphatic heterocycles. The van der Waals surface area contributed by atoms with E-state index >= 15 is 0 Å². The first kappa shape index (κ1) is 15.2. The highest BCUT2D eigenvalue weighted by molar-refractivity contribution is 7.10. The van der Waals surface area contributed by atoms with Gasteiger partial charge in [0.25, 0.3) is 0 Å². The van der Waals surface area contributed by atoms with E-state index in [-0.39, 0.29) is 5.41 Å². The van der Waals surface area contributed by atoms with Gasteiger partial charge in [0.15, 0.2) is 0 Å². The van der Waals surface area contributed by atoms with Crippen molar-refractivity contribution in [2.24, 2.45) is 5.41 Å². The Morgan fingerprint density at radius 1 is 1.39 bits per heavy atom. The predicted molar refractivity (Wildman–Crippen MR) is 76.2 cm³/mol. The van der Waals surface area contributed by atoms with E-state index < -0.39 is 11.4 Å². The van der Waals surface area contributed by atoms with Crippen LogP contribution in [0.5, 0.6) is 0 Å². The summed E-state index contributed by atoms with van der Waals surface area (Å²) >= 11 is 1.76. The van der Waals surface area contributed by atoms with Gasteiger partial charge in [-0.05, 0) is 38.3 Å². The highest BCUT2D eigenvalue weighted by Crippen LogP contribution is 2.26. The van der Waals surface area contributed by atoms with Crippen LogP contribution in [0.1, 0.15) is 39.0 Å². The highest BCUT2D eigenvalue weighted by Gasteiger charge is 2.27. The highest BCUT2D eigenvalue weighted by atomic mass is 32.1. The lowest BCUT2D eigenvalue weighted by Crippen LogP contribution is -2.35. The van der Waals surface area contributed by atoms with Gasteiger partial charge in [-0.3, -0.25) is 4.79 Å². The largest absolute Gasteiger partial charge is 0.481 e. The van der Waals surface area contributed by atoms with Crippen LogP contribution in [-0.4, -0.2) is 24.2 Å². The van der Waals surface area contributed by atoms with E-state index in [1.54, 1.807) is 25.2 Å². The van der Waals surface area contributed by atoms with Gasteiger partial charge >= 0.3 is 5.97 Å². The number of aliphatic carboxylic acids is 1. The predicted octanol–water partition coefficient (Wildman–Crippen LogP) is 3.12. The van der Waals surface area contributed by atoms with Gasteiger partial charge in [-0.2, -0.15) is 0 Å². The van der Waals surface area contributed by atoms with E-state index in [2.05, 4.69) is 36.7 Å². The molecular formula is C14H23NO2S. The summed E-state index contributed by atoms with van der Waals surface area (Å²) in [6, 6.07) is 4.21. The molecule has 0 aromatic carbocycles. The molecule has 0 spiro atoms. The molecule has 0 aliphatic carbocycles. The molecule has 1 rings (SSSR count). The van der Waals surface area contributed by atoms with Gasteiger partial charge in [0.05, 0.1) is 5.41 Å². The monoisotopic (exact) mass is 269 g/mol. The first-order chi connectivity index (χ1) is 8.26. The summed E-state index contributed by atoms with van der Waals surface area (Å²) in [6.07, 6.45) is 0.642. The van der Waals surface area contributed by atoms with E-state index in [0.717, 1.165) is 13.1 Å². The smallest absolute Gasteiger partial charge is 0.309 e. The summed E-state index contributed by atoms with van der Waals surface area (Å²) in [6.45, 7) is 9.53. The molecule has 3 nitrogen and oxygen atoms in total. The molecule has 0 fully saturated rings. The zero-order valence-corrected chi connectivity index (χ0v) is 12.4. The Hall–Kier alpha value is -0.870. The third-order valence-corrected chi connectivity index (χ3v) is 4.50. The van der Waals surface area contributed by atoms with Crippen LogP contribution in [0.4, 0.5) is 0 Å². The maximum absolute atomic E-state index is 11.0. The van der Waals surface area contributed by atoms with Gasteiger partial charge in [0, 0.05) is 16.8 Å². The summed E-state index contributed by atoms with van der Waals surface area (Å²) in [4.78, 5) is 12.3. The molecule has 0 atom stereocenters. The Balaban J connectivity index is 2.37. The minimum atomic E-state index is -0.734. The van der Waals surface area contributed by atoms with Crippen LogP contribution in [0.25, 0.3) is 0 Å². The van der Waals surface area contributed by atoms with Crippen molar-refractivity contribution in [3.8, 4) is 0 Å². The van der Waals surface area contributed by atoms with E-state index in [1.165, 1.54) is 4.88 Å². The Bertz CT molecular complexity index is 383. The molecule has 1 aromatic rings. The van der Waals surface area contributed by atoms with E-state index in [4.69, 9.17) is 5.11 Å². The fourth-order valence-corrected chi connectivity index (χ4v) is 2.51. The maximum atomic E-state index is 11.0. The third kappa shape index (κ3) is 4.10. The van der Waals surface area contributed by atoms with Crippen molar-refractivity contribution in [3.05, 3.63) is 22.4 Å². The second-order valence-electron chi connectivity index (χ2n) is 5.98. The number of nitrogens with one attached hydrogen (secondary N) is 1. The fraction of sp³-hybridized carbons (Fsp3) is 0.643. The molecule has 0 bridgehead atoms. The molecule has 0 radical (unpaired) electrons. The zero-order valence-electron chi connectivity index (χ0n) is 11.6. The minimum Gasteiger partial charge on any atom is -0.481 e. The van der Waals surface area contributed by atoms with Gasteiger partial charge in [-0.25, -0.2) is 0 Å². The van der Waals surface area contributed by atoms with Crippen LogP contribution in [0.3, 0.4) is 0 Å². The first-order valence-electron chi connectivity index (χ1n) is 6.24. The number of rotatable bonds is 7. The zero-order chi connectivity index (χ0) is 13.8. The molecule has 1 aromatic heterocycles. The van der Waals surface area contributed by atoms with Gasteiger partial charge in [-0.15, -0.1) is 11.3 Å². The fourth-order valence-electron chi connectivity index (χ4n) is 1.66. The lowest BCUT2D eigenvalue weighted by molar-refractivity contribution is -0.147. The molecule has 4 heteroatoms. The molecule has 2 N–H and O–H groups in total. The minimum absolute atomic E-state index is 0.0987. The summed E-state index contributed by atoms with van der Waals surface area (Å²) in [7, 11) is 0. The Kier molecular flexibility index (Phi) is 4.93. The van der Waals surface area contributed by atoms with Crippen molar-refractivity contribution >= 4 is 17.3 Å². The lowest BCUT2D eigenvalue weighted by atomic mass is 9.88. The standard InChI is InChI=1S/C14H23NO2S/c1-13(2,12(16)17)7-8-15-10-14(3,4)11-6-5-9-18-11/h5-6,9,15H,7-8,10H2,1-4H3,(H,16,17). The number of carboxylic acid groups (broad SMARTS) is 1. The molecular weight excluding hydrogens is 246 g/mol. The molecule has 102 valence electrons. The molecule has 1 heterocycles. The summed E-state index contributed by atoms with van der Waals surface area (Å²) in [5, 5.41) is 14.5. The molecule has 0 amide bonds. The van der Waals surface area contributed by atoms with Crippen molar-refractivity contribution in [2.45, 2.75) is 39.5 Å². The summed E-state index contributed by atoms with van der Waals surface area (Å²) < 4.78 is 0. The number of carboxylic acids is 1. The summed E-state index contributed by atoms with van der Waals surface area (Å²) in [5.74, 6) is -0.734. The van der Waals surface area contributed by atoms with Gasteiger partial charge in [0.2, 0.25) is 0 Å². The van der Waals surface area contributed by atoms with Crippen molar-refractivity contribution in [1.82, 2.24) is 5.32 Å². The van der Waals surface area contributed by atoms with Crippen LogP contribution < -0.4 is 5.32 Å². The number of hydrogen-bond donors (Lipinski definition) is 2. The van der Waals surface area contributed by atoms with Crippen molar-refractivity contribution in [1.29, 1.82) is 0 Å². The molecule has 0 saturated heterocycles. The molecule has 18 heavy (non-hydrogen) atoms. The van der Waals surface area contributed by atoms with Crippen molar-refractivity contribution < 1.29 is 9.90 Å². The van der Waals surface area contributed by atoms with Crippen LogP contribution >= 0.6 is 11.3 Å². The third-order valence-electron chi connectivity index (χ3n) is 3.26. The maximum Gasteiger partial charge on any atom is 0.309 e. The number of hydrogen-bond acceptors (Lipinski definition) is 3. The van der Waals surface area contributed by atoms with Gasteiger partial charge < -0.3 is 10.4 Å². The Labute approximate surface area is 113 Å². The SMILES string of the molecule is CC(C)(CCNCC(C)(C)c1cccs1)C(=O)O. The first-order valence-corrected chi connectivity index (χ1v) is 7.12. The number of carbonyl (C=O) groups is 1.